The quantitative estimate of drug-likeness (QED) is 0.391. The fourth-order valence-corrected chi connectivity index (χ4v) is 4.05. The lowest BCUT2D eigenvalue weighted by molar-refractivity contribution is -0.156. The van der Waals surface area contributed by atoms with Gasteiger partial charge in [-0.1, -0.05) is 54.6 Å². The van der Waals surface area contributed by atoms with Crippen molar-refractivity contribution in [2.45, 2.75) is 33.0 Å². The highest BCUT2D eigenvalue weighted by Crippen LogP contribution is 2.36. The maximum absolute atomic E-state index is 12.1. The van der Waals surface area contributed by atoms with E-state index >= 15 is 0 Å². The number of esters is 1. The van der Waals surface area contributed by atoms with Gasteiger partial charge >= 0.3 is 5.97 Å². The van der Waals surface area contributed by atoms with E-state index in [2.05, 4.69) is 24.3 Å². The van der Waals surface area contributed by atoms with Gasteiger partial charge in [-0.3, -0.25) is 0 Å². The number of para-hydroxylation sites is 1. The second-order valence-electron chi connectivity index (χ2n) is 7.91. The Morgan fingerprint density at radius 1 is 0.941 bits per heavy atom. The van der Waals surface area contributed by atoms with Crippen LogP contribution in [-0.4, -0.2) is 31.9 Å². The van der Waals surface area contributed by atoms with Crippen molar-refractivity contribution in [3.63, 3.8) is 0 Å². The van der Waals surface area contributed by atoms with E-state index in [1.54, 1.807) is 6.92 Å². The summed E-state index contributed by atoms with van der Waals surface area (Å²) in [5, 5.41) is 0. The van der Waals surface area contributed by atoms with Gasteiger partial charge in [0.05, 0.1) is 6.61 Å². The van der Waals surface area contributed by atoms with Crippen molar-refractivity contribution >= 4 is 11.5 Å². The monoisotopic (exact) mass is 458 g/mol. The van der Waals surface area contributed by atoms with E-state index in [1.807, 2.05) is 61.5 Å². The van der Waals surface area contributed by atoms with E-state index < -0.39 is 6.10 Å². The fraction of sp³-hybridized carbons (Fsp3) is 0.276. The van der Waals surface area contributed by atoms with Gasteiger partial charge in [0.25, 0.3) is 0 Å². The Kier molecular flexibility index (Phi) is 7.99. The van der Waals surface area contributed by atoms with Crippen molar-refractivity contribution in [1.29, 1.82) is 0 Å². The molecule has 0 bridgehead atoms. The van der Waals surface area contributed by atoms with Gasteiger partial charge in [-0.25, -0.2) is 4.79 Å². The summed E-state index contributed by atoms with van der Waals surface area (Å²) in [6.45, 7) is 5.42. The Bertz CT molecular complexity index is 1080. The van der Waals surface area contributed by atoms with Gasteiger partial charge in [-0.15, -0.1) is 0 Å². The molecule has 0 amide bonds. The third-order valence-electron chi connectivity index (χ3n) is 5.67. The van der Waals surface area contributed by atoms with Gasteiger partial charge in [0, 0.05) is 18.6 Å². The molecular weight excluding hydrogens is 428 g/mol. The normalized spacial score (nSPS) is 14.4. The van der Waals surface area contributed by atoms with Crippen molar-refractivity contribution in [2.75, 3.05) is 19.8 Å². The van der Waals surface area contributed by atoms with E-state index in [9.17, 15) is 4.79 Å². The predicted octanol–water partition coefficient (Wildman–Crippen LogP) is 5.60. The molecule has 176 valence electrons. The minimum Gasteiger partial charge on any atom is -0.490 e. The number of carbonyl (C=O) groups is 1. The van der Waals surface area contributed by atoms with E-state index in [-0.39, 0.29) is 5.97 Å². The molecule has 0 fully saturated rings. The van der Waals surface area contributed by atoms with Gasteiger partial charge in [-0.05, 0) is 60.4 Å². The summed E-state index contributed by atoms with van der Waals surface area (Å²) in [4.78, 5) is 12.1. The van der Waals surface area contributed by atoms with E-state index in [0.717, 1.165) is 39.3 Å². The average Bonchev–Trinajstić information content (AvgIpc) is 3.02. The number of hydrogen-bond acceptors (Lipinski definition) is 5. The van der Waals surface area contributed by atoms with Crippen LogP contribution in [0.2, 0.25) is 0 Å². The molecule has 3 aromatic carbocycles. The van der Waals surface area contributed by atoms with Crippen LogP contribution in [0.3, 0.4) is 0 Å². The van der Waals surface area contributed by atoms with Crippen molar-refractivity contribution in [2.24, 2.45) is 0 Å². The molecule has 3 aromatic rings. The van der Waals surface area contributed by atoms with Crippen LogP contribution in [0.25, 0.3) is 5.57 Å². The smallest absolute Gasteiger partial charge is 0.335 e. The van der Waals surface area contributed by atoms with Crippen LogP contribution in [0, 0.1) is 0 Å². The zero-order valence-corrected chi connectivity index (χ0v) is 19.7. The topological polar surface area (TPSA) is 54.0 Å². The molecular formula is C29H30O5. The molecule has 1 aliphatic heterocycles. The highest BCUT2D eigenvalue weighted by molar-refractivity contribution is 5.85. The van der Waals surface area contributed by atoms with Crippen LogP contribution in [0.5, 0.6) is 11.5 Å². The lowest BCUT2D eigenvalue weighted by atomic mass is 9.94. The summed E-state index contributed by atoms with van der Waals surface area (Å²) in [6, 6.07) is 24.1. The van der Waals surface area contributed by atoms with Crippen LogP contribution < -0.4 is 9.47 Å². The molecule has 0 spiro atoms. The Hall–Kier alpha value is -3.57. The lowest BCUT2D eigenvalue weighted by Gasteiger charge is -2.16. The van der Waals surface area contributed by atoms with Crippen molar-refractivity contribution in [3.8, 4) is 11.5 Å². The molecule has 0 aliphatic carbocycles. The van der Waals surface area contributed by atoms with E-state index in [4.69, 9.17) is 18.9 Å². The molecule has 1 atom stereocenters. The van der Waals surface area contributed by atoms with E-state index in [1.165, 1.54) is 0 Å². The molecule has 5 heteroatoms. The number of ether oxygens (including phenoxy) is 4. The van der Waals surface area contributed by atoms with Crippen LogP contribution in [-0.2, 0) is 27.3 Å². The second kappa shape index (κ2) is 11.5. The highest BCUT2D eigenvalue weighted by atomic mass is 16.6. The summed E-state index contributed by atoms with van der Waals surface area (Å²) in [5.41, 5.74) is 5.47. The summed E-state index contributed by atoms with van der Waals surface area (Å²) in [7, 11) is 0. The first-order chi connectivity index (χ1) is 16.7. The SMILES string of the molecule is CCOC(=O)C(Cc1ccc(OCC=C2c3ccccc3COc3ccccc32)cc1)OCC. The summed E-state index contributed by atoms with van der Waals surface area (Å²) in [6.07, 6.45) is 1.97. The summed E-state index contributed by atoms with van der Waals surface area (Å²) < 4.78 is 22.8. The standard InChI is InChI=1S/C29H30O5/c1-3-31-28(29(30)32-4-2)19-21-13-15-23(16-14-21)33-18-17-25-24-10-6-5-9-22(24)20-34-27-12-8-7-11-26(25)27/h5-17,28H,3-4,18-20H2,1-2H3. The lowest BCUT2D eigenvalue weighted by Crippen LogP contribution is -2.28. The Morgan fingerprint density at radius 3 is 2.44 bits per heavy atom. The third-order valence-corrected chi connectivity index (χ3v) is 5.67. The largest absolute Gasteiger partial charge is 0.490 e. The molecule has 5 nitrogen and oxygen atoms in total. The molecule has 1 heterocycles. The van der Waals surface area contributed by atoms with Crippen LogP contribution >= 0.6 is 0 Å². The van der Waals surface area contributed by atoms with Gasteiger partial charge in [0.1, 0.15) is 24.7 Å². The van der Waals surface area contributed by atoms with Crippen LogP contribution in [0.1, 0.15) is 36.1 Å². The molecule has 0 saturated carbocycles. The van der Waals surface area contributed by atoms with Gasteiger partial charge < -0.3 is 18.9 Å². The van der Waals surface area contributed by atoms with Gasteiger partial charge in [-0.2, -0.15) is 0 Å². The molecule has 1 aliphatic rings. The second-order valence-corrected chi connectivity index (χ2v) is 7.91. The predicted molar refractivity (Wildman–Crippen MR) is 132 cm³/mol. The first-order valence-corrected chi connectivity index (χ1v) is 11.7. The zero-order valence-electron chi connectivity index (χ0n) is 19.7. The first-order valence-electron chi connectivity index (χ1n) is 11.7. The minimum atomic E-state index is -0.598. The Morgan fingerprint density at radius 2 is 1.68 bits per heavy atom. The Balaban J connectivity index is 1.46. The highest BCUT2D eigenvalue weighted by Gasteiger charge is 2.21. The molecule has 0 aromatic heterocycles. The summed E-state index contributed by atoms with van der Waals surface area (Å²) in [5.74, 6) is 1.31. The number of benzene rings is 3. The maximum atomic E-state index is 12.1. The Labute approximate surface area is 200 Å². The number of carbonyl (C=O) groups excluding carboxylic acids is 1. The van der Waals surface area contributed by atoms with Crippen LogP contribution in [0.4, 0.5) is 0 Å². The number of fused-ring (bicyclic) bond motifs is 2. The van der Waals surface area contributed by atoms with Gasteiger partial charge in [0.15, 0.2) is 6.10 Å². The van der Waals surface area contributed by atoms with Gasteiger partial charge in [0.2, 0.25) is 0 Å². The van der Waals surface area contributed by atoms with Crippen molar-refractivity contribution < 1.29 is 23.7 Å². The molecule has 0 radical (unpaired) electrons. The molecule has 34 heavy (non-hydrogen) atoms. The zero-order chi connectivity index (χ0) is 23.8. The first kappa shape index (κ1) is 23.6. The molecule has 0 saturated heterocycles. The number of hydrogen-bond donors (Lipinski definition) is 0. The van der Waals surface area contributed by atoms with E-state index in [0.29, 0.717) is 32.8 Å². The van der Waals surface area contributed by atoms with Crippen molar-refractivity contribution in [1.82, 2.24) is 0 Å². The maximum Gasteiger partial charge on any atom is 0.335 e. The molecule has 0 N–H and O–H groups in total. The average molecular weight is 459 g/mol. The molecule has 1 unspecified atom stereocenters. The van der Waals surface area contributed by atoms with Crippen LogP contribution in [0.15, 0.2) is 78.9 Å². The molecule has 4 rings (SSSR count). The minimum absolute atomic E-state index is 0.329. The number of rotatable bonds is 9. The third kappa shape index (κ3) is 5.67. The summed E-state index contributed by atoms with van der Waals surface area (Å²) >= 11 is 0. The van der Waals surface area contributed by atoms with Crippen molar-refractivity contribution in [3.05, 3.63) is 101 Å². The fourth-order valence-electron chi connectivity index (χ4n) is 4.05.